The summed E-state index contributed by atoms with van der Waals surface area (Å²) in [5.74, 6) is -0.997. The van der Waals surface area contributed by atoms with Crippen molar-refractivity contribution in [3.8, 4) is 22.4 Å². The first kappa shape index (κ1) is 29.5. The highest BCUT2D eigenvalue weighted by Gasteiger charge is 2.25. The lowest BCUT2D eigenvalue weighted by atomic mass is 9.99. The number of pyridine rings is 1. The van der Waals surface area contributed by atoms with Crippen molar-refractivity contribution in [2.24, 2.45) is 7.05 Å². The lowest BCUT2D eigenvalue weighted by Gasteiger charge is -2.20. The zero-order valence-electron chi connectivity index (χ0n) is 24.2. The van der Waals surface area contributed by atoms with Crippen LogP contribution in [0.5, 0.6) is 0 Å². The smallest absolute Gasteiger partial charge is 0.274 e. The second-order valence-corrected chi connectivity index (χ2v) is 11.0. The molecule has 1 atom stereocenters. The van der Waals surface area contributed by atoms with Crippen molar-refractivity contribution < 1.29 is 14.1 Å². The minimum absolute atomic E-state index is 0.0127. The van der Waals surface area contributed by atoms with Crippen LogP contribution in [0.1, 0.15) is 41.5 Å². The number of rotatable bonds is 9. The number of aromatic nitrogens is 4. The molecule has 43 heavy (non-hydrogen) atoms. The molecule has 11 heteroatoms. The maximum Gasteiger partial charge on any atom is 0.274 e. The highest BCUT2D eigenvalue weighted by Crippen LogP contribution is 2.27. The van der Waals surface area contributed by atoms with Gasteiger partial charge in [0, 0.05) is 54.1 Å². The number of benzene rings is 2. The van der Waals surface area contributed by atoms with Crippen LogP contribution < -0.4 is 16.2 Å². The molecule has 3 heterocycles. The summed E-state index contributed by atoms with van der Waals surface area (Å²) in [6, 6.07) is 16.5. The monoisotopic (exact) mass is 598 g/mol. The molecule has 0 aliphatic carbocycles. The van der Waals surface area contributed by atoms with E-state index in [-0.39, 0.29) is 23.7 Å². The van der Waals surface area contributed by atoms with Crippen LogP contribution in [0.3, 0.4) is 0 Å². The molecule has 2 N–H and O–H groups in total. The molecule has 10 nitrogen and oxygen atoms in total. The van der Waals surface area contributed by atoms with Gasteiger partial charge >= 0.3 is 0 Å². The van der Waals surface area contributed by atoms with Crippen LogP contribution in [-0.4, -0.2) is 37.4 Å². The molecule has 0 saturated heterocycles. The number of aryl methyl sites for hydroxylation is 2. The van der Waals surface area contributed by atoms with Crippen LogP contribution in [0, 0.1) is 6.92 Å². The molecule has 0 aliphatic heterocycles. The Balaban J connectivity index is 1.42. The number of nitrogens with zero attached hydrogens (tertiary/aromatic N) is 4. The number of carbonyl (C=O) groups excluding carboxylic acids is 2. The van der Waals surface area contributed by atoms with Gasteiger partial charge in [0.05, 0.1) is 11.9 Å². The largest absolute Gasteiger partial charge is 0.364 e. The number of halogens is 1. The van der Waals surface area contributed by atoms with Crippen molar-refractivity contribution in [3.05, 3.63) is 112 Å². The lowest BCUT2D eigenvalue weighted by molar-refractivity contribution is -0.118. The van der Waals surface area contributed by atoms with Gasteiger partial charge in [0.2, 0.25) is 5.91 Å². The molecular formula is C32H31ClN6O4. The van der Waals surface area contributed by atoms with Crippen LogP contribution in [-0.2, 0) is 18.3 Å². The van der Waals surface area contributed by atoms with Crippen LogP contribution in [0.25, 0.3) is 22.4 Å². The molecule has 2 amide bonds. The number of nitrogens with one attached hydrogen (secondary N) is 2. The molecule has 2 aromatic carbocycles. The third-order valence-corrected chi connectivity index (χ3v) is 7.51. The van der Waals surface area contributed by atoms with Gasteiger partial charge in [-0.1, -0.05) is 35.0 Å². The van der Waals surface area contributed by atoms with Crippen molar-refractivity contribution >= 4 is 29.1 Å². The summed E-state index contributed by atoms with van der Waals surface area (Å²) in [5.41, 5.74) is 5.77. The molecule has 0 spiro atoms. The number of hydrogen-bond acceptors (Lipinski definition) is 6. The van der Waals surface area contributed by atoms with E-state index in [1.165, 1.54) is 18.4 Å². The molecule has 0 fully saturated rings. The molecule has 220 valence electrons. The normalized spacial score (nSPS) is 11.9. The lowest BCUT2D eigenvalue weighted by Crippen LogP contribution is -2.45. The molecule has 0 bridgehead atoms. The van der Waals surface area contributed by atoms with Gasteiger partial charge in [-0.2, -0.15) is 5.10 Å². The van der Waals surface area contributed by atoms with Crippen LogP contribution in [0.15, 0.2) is 88.6 Å². The maximum absolute atomic E-state index is 13.6. The van der Waals surface area contributed by atoms with Crippen LogP contribution in [0.2, 0.25) is 5.02 Å². The van der Waals surface area contributed by atoms with Gasteiger partial charge in [0.1, 0.15) is 12.3 Å². The van der Waals surface area contributed by atoms with Gasteiger partial charge in [-0.05, 0) is 73.4 Å². The van der Waals surface area contributed by atoms with Crippen LogP contribution in [0.4, 0.5) is 5.69 Å². The SMILES string of the molecule is Cc1cnn(C)c1-c1ccc(NC(=O)[C@H](Cc2cc(-c3ccc(=O)n(C(C)C)c3)ccc2Cl)NC(=O)c2ccon2)cc1. The zero-order chi connectivity index (χ0) is 30.7. The van der Waals surface area contributed by atoms with Crippen molar-refractivity contribution in [2.45, 2.75) is 39.3 Å². The molecule has 3 aromatic heterocycles. The summed E-state index contributed by atoms with van der Waals surface area (Å²) in [4.78, 5) is 38.8. The average Bonchev–Trinajstić information content (AvgIpc) is 3.64. The highest BCUT2D eigenvalue weighted by molar-refractivity contribution is 6.31. The fourth-order valence-corrected chi connectivity index (χ4v) is 5.08. The quantitative estimate of drug-likeness (QED) is 0.233. The summed E-state index contributed by atoms with van der Waals surface area (Å²) >= 11 is 6.59. The predicted octanol–water partition coefficient (Wildman–Crippen LogP) is 5.43. The first-order valence-electron chi connectivity index (χ1n) is 13.7. The zero-order valence-corrected chi connectivity index (χ0v) is 24.9. The van der Waals surface area contributed by atoms with E-state index in [0.717, 1.165) is 27.9 Å². The Morgan fingerprint density at radius 1 is 1.00 bits per heavy atom. The summed E-state index contributed by atoms with van der Waals surface area (Å²) < 4.78 is 8.26. The number of carbonyl (C=O) groups is 2. The Bertz CT molecular complexity index is 1800. The fraction of sp³-hybridized carbons (Fsp3) is 0.219. The number of amides is 2. The molecule has 0 aliphatic rings. The Hall–Kier alpha value is -4.96. The summed E-state index contributed by atoms with van der Waals surface area (Å²) in [6.07, 6.45) is 4.98. The molecule has 0 radical (unpaired) electrons. The van der Waals surface area contributed by atoms with Gasteiger partial charge in [0.15, 0.2) is 5.69 Å². The Kier molecular flexibility index (Phi) is 8.58. The fourth-order valence-electron chi connectivity index (χ4n) is 4.88. The summed E-state index contributed by atoms with van der Waals surface area (Å²) in [7, 11) is 1.88. The number of anilines is 1. The van der Waals surface area contributed by atoms with Gasteiger partial charge in [-0.15, -0.1) is 0 Å². The van der Waals surface area contributed by atoms with Gasteiger partial charge in [0.25, 0.3) is 11.5 Å². The highest BCUT2D eigenvalue weighted by atomic mass is 35.5. The molecule has 0 unspecified atom stereocenters. The van der Waals surface area contributed by atoms with E-state index in [0.29, 0.717) is 16.3 Å². The van der Waals surface area contributed by atoms with Crippen molar-refractivity contribution in [1.82, 2.24) is 24.8 Å². The first-order valence-corrected chi connectivity index (χ1v) is 14.1. The first-order chi connectivity index (χ1) is 20.6. The van der Waals surface area contributed by atoms with Crippen LogP contribution >= 0.6 is 11.6 Å². The number of hydrogen-bond donors (Lipinski definition) is 2. The van der Waals surface area contributed by atoms with E-state index < -0.39 is 17.9 Å². The third kappa shape index (κ3) is 6.60. The Morgan fingerprint density at radius 2 is 1.72 bits per heavy atom. The third-order valence-electron chi connectivity index (χ3n) is 7.14. The Labute approximate surface area is 253 Å². The predicted molar refractivity (Wildman–Crippen MR) is 165 cm³/mol. The van der Waals surface area contributed by atoms with Crippen molar-refractivity contribution in [3.63, 3.8) is 0 Å². The minimum atomic E-state index is -0.999. The molecule has 5 rings (SSSR count). The van der Waals surface area contributed by atoms with E-state index in [1.807, 2.05) is 52.1 Å². The standard InChI is InChI=1S/C32H31ClN6O4/c1-19(2)39-18-23(8-12-29(39)40)22-7-11-26(33)24(15-22)16-28(36-31(41)27-13-14-43-37-27)32(42)35-25-9-5-21(6-10-25)30-20(3)17-34-38(30)4/h5-15,17-19,28H,16H2,1-4H3,(H,35,42)(H,36,41)/t28-/m0/s1. The van der Waals surface area contributed by atoms with E-state index in [9.17, 15) is 14.4 Å². The minimum Gasteiger partial charge on any atom is -0.364 e. The second-order valence-electron chi connectivity index (χ2n) is 10.5. The van der Waals surface area contributed by atoms with Gasteiger partial charge in [-0.3, -0.25) is 19.1 Å². The Morgan fingerprint density at radius 3 is 2.37 bits per heavy atom. The van der Waals surface area contributed by atoms with Crippen molar-refractivity contribution in [2.75, 3.05) is 5.32 Å². The second kappa shape index (κ2) is 12.5. The molecule has 5 aromatic rings. The van der Waals surface area contributed by atoms with Gasteiger partial charge in [-0.25, -0.2) is 0 Å². The summed E-state index contributed by atoms with van der Waals surface area (Å²) in [6.45, 7) is 5.86. The van der Waals surface area contributed by atoms with Gasteiger partial charge < -0.3 is 19.7 Å². The van der Waals surface area contributed by atoms with E-state index >= 15 is 0 Å². The average molecular weight is 599 g/mol. The van der Waals surface area contributed by atoms with Crippen molar-refractivity contribution in [1.29, 1.82) is 0 Å². The molecular weight excluding hydrogens is 568 g/mol. The topological polar surface area (TPSA) is 124 Å². The summed E-state index contributed by atoms with van der Waals surface area (Å²) in [5, 5.41) is 14.1. The van der Waals surface area contributed by atoms with E-state index in [1.54, 1.807) is 45.9 Å². The maximum atomic E-state index is 13.6. The molecule has 0 saturated carbocycles. The van der Waals surface area contributed by atoms with E-state index in [2.05, 4.69) is 20.9 Å². The van der Waals surface area contributed by atoms with E-state index in [4.69, 9.17) is 16.1 Å².